The molecule has 1 aliphatic rings. The molecule has 0 unspecified atom stereocenters. The van der Waals surface area contributed by atoms with E-state index in [1.165, 1.54) is 17.7 Å². The van der Waals surface area contributed by atoms with Gasteiger partial charge >= 0.3 is 0 Å². The van der Waals surface area contributed by atoms with Gasteiger partial charge in [0.1, 0.15) is 0 Å². The van der Waals surface area contributed by atoms with Gasteiger partial charge in [0, 0.05) is 31.3 Å². The average molecular weight is 384 g/mol. The van der Waals surface area contributed by atoms with E-state index in [1.807, 2.05) is 18.2 Å². The van der Waals surface area contributed by atoms with Crippen LogP contribution in [-0.2, 0) is 29.7 Å². The lowest BCUT2D eigenvalue weighted by molar-refractivity contribution is -0.385. The molecule has 9 heteroatoms. The molecule has 0 saturated carbocycles. The minimum absolute atomic E-state index is 0. The fourth-order valence-electron chi connectivity index (χ4n) is 2.67. The largest absolute Gasteiger partial charge is 0.309 e. The highest BCUT2D eigenvalue weighted by Gasteiger charge is 2.20. The maximum absolute atomic E-state index is 12.4. The fraction of sp³-hybridized carbons (Fsp3) is 0.250. The second-order valence-corrected chi connectivity index (χ2v) is 7.50. The summed E-state index contributed by atoms with van der Waals surface area (Å²) in [6.07, 6.45) is 0. The quantitative estimate of drug-likeness (QED) is 0.609. The SMILES string of the molecule is Cc1ccc(S(=O)(=O)NCc2ccc3c(c2)CNC3)cc1[N+](=O)[O-].Cl. The molecule has 0 atom stereocenters. The van der Waals surface area contributed by atoms with Crippen LogP contribution in [0.15, 0.2) is 41.3 Å². The van der Waals surface area contributed by atoms with Gasteiger partial charge in [0.05, 0.1) is 9.82 Å². The zero-order chi connectivity index (χ0) is 17.3. The van der Waals surface area contributed by atoms with Crippen molar-refractivity contribution in [3.8, 4) is 0 Å². The Kier molecular flexibility index (Phi) is 5.79. The van der Waals surface area contributed by atoms with Crippen molar-refractivity contribution in [1.29, 1.82) is 0 Å². The number of halogens is 1. The molecule has 0 aromatic heterocycles. The summed E-state index contributed by atoms with van der Waals surface area (Å²) >= 11 is 0. The van der Waals surface area contributed by atoms with Crippen LogP contribution in [0, 0.1) is 17.0 Å². The van der Waals surface area contributed by atoms with Crippen LogP contribution in [0.3, 0.4) is 0 Å². The number of nitrogens with zero attached hydrogens (tertiary/aromatic N) is 1. The number of hydrogen-bond acceptors (Lipinski definition) is 5. The number of fused-ring (bicyclic) bond motifs is 1. The molecule has 2 aromatic carbocycles. The molecule has 1 heterocycles. The first-order valence-electron chi connectivity index (χ1n) is 7.43. The van der Waals surface area contributed by atoms with E-state index in [4.69, 9.17) is 0 Å². The first kappa shape index (κ1) is 19.3. The molecule has 3 rings (SSSR count). The van der Waals surface area contributed by atoms with Crippen molar-refractivity contribution >= 4 is 28.1 Å². The van der Waals surface area contributed by atoms with Gasteiger partial charge in [-0.3, -0.25) is 10.1 Å². The summed E-state index contributed by atoms with van der Waals surface area (Å²) in [6.45, 7) is 3.31. The Hall–Kier alpha value is -2.00. The van der Waals surface area contributed by atoms with Crippen molar-refractivity contribution in [2.75, 3.05) is 0 Å². The van der Waals surface area contributed by atoms with Gasteiger partial charge in [-0.25, -0.2) is 13.1 Å². The number of hydrogen-bond donors (Lipinski definition) is 2. The molecule has 0 bridgehead atoms. The molecule has 7 nitrogen and oxygen atoms in total. The van der Waals surface area contributed by atoms with E-state index in [0.29, 0.717) is 5.56 Å². The summed E-state index contributed by atoms with van der Waals surface area (Å²) < 4.78 is 27.3. The van der Waals surface area contributed by atoms with Gasteiger partial charge in [-0.2, -0.15) is 0 Å². The molecule has 2 aromatic rings. The van der Waals surface area contributed by atoms with Crippen LogP contribution < -0.4 is 10.0 Å². The van der Waals surface area contributed by atoms with Crippen LogP contribution in [0.2, 0.25) is 0 Å². The number of benzene rings is 2. The summed E-state index contributed by atoms with van der Waals surface area (Å²) in [5.41, 5.74) is 3.45. The van der Waals surface area contributed by atoms with Gasteiger partial charge in [-0.05, 0) is 29.7 Å². The van der Waals surface area contributed by atoms with Gasteiger partial charge in [0.25, 0.3) is 5.69 Å². The zero-order valence-corrected chi connectivity index (χ0v) is 15.1. The first-order valence-corrected chi connectivity index (χ1v) is 8.91. The molecule has 134 valence electrons. The number of aryl methyl sites for hydroxylation is 1. The minimum Gasteiger partial charge on any atom is -0.309 e. The van der Waals surface area contributed by atoms with E-state index in [0.717, 1.165) is 30.3 Å². The first-order chi connectivity index (χ1) is 11.4. The maximum Gasteiger partial charge on any atom is 0.273 e. The Labute approximate surface area is 152 Å². The normalized spacial score (nSPS) is 13.2. The smallest absolute Gasteiger partial charge is 0.273 e. The summed E-state index contributed by atoms with van der Waals surface area (Å²) in [6, 6.07) is 9.73. The Morgan fingerprint density at radius 3 is 2.60 bits per heavy atom. The van der Waals surface area contributed by atoms with Crippen molar-refractivity contribution in [2.24, 2.45) is 0 Å². The Morgan fingerprint density at radius 1 is 1.16 bits per heavy atom. The molecule has 1 aliphatic heterocycles. The standard InChI is InChI=1S/C16H17N3O4S.ClH/c1-11-2-5-15(7-16(11)19(20)21)24(22,23)18-8-12-3-4-13-9-17-10-14(13)6-12;/h2-7,17-18H,8-10H2,1H3;1H. The third-order valence-corrected chi connectivity index (χ3v) is 5.45. The number of sulfonamides is 1. The maximum atomic E-state index is 12.4. The molecule has 0 spiro atoms. The average Bonchev–Trinajstić information content (AvgIpc) is 3.00. The second kappa shape index (κ2) is 7.49. The third kappa shape index (κ3) is 4.16. The van der Waals surface area contributed by atoms with Gasteiger partial charge in [-0.1, -0.05) is 24.3 Å². The van der Waals surface area contributed by atoms with Crippen LogP contribution in [-0.4, -0.2) is 13.3 Å². The second-order valence-electron chi connectivity index (χ2n) is 5.74. The molecule has 0 saturated heterocycles. The van der Waals surface area contributed by atoms with E-state index >= 15 is 0 Å². The van der Waals surface area contributed by atoms with Crippen LogP contribution in [0.1, 0.15) is 22.3 Å². The Balaban J connectivity index is 0.00000225. The van der Waals surface area contributed by atoms with Crippen molar-refractivity contribution < 1.29 is 13.3 Å². The van der Waals surface area contributed by atoms with Crippen LogP contribution in [0.25, 0.3) is 0 Å². The predicted molar refractivity (Wildman–Crippen MR) is 96.1 cm³/mol. The van der Waals surface area contributed by atoms with Gasteiger partial charge < -0.3 is 5.32 Å². The Bertz CT molecular complexity index is 916. The summed E-state index contributed by atoms with van der Waals surface area (Å²) in [5.74, 6) is 0. The molecule has 0 radical (unpaired) electrons. The molecular weight excluding hydrogens is 366 g/mol. The van der Waals surface area contributed by atoms with E-state index in [-0.39, 0.29) is 29.5 Å². The van der Waals surface area contributed by atoms with Crippen LogP contribution in [0.5, 0.6) is 0 Å². The fourth-order valence-corrected chi connectivity index (χ4v) is 3.71. The van der Waals surface area contributed by atoms with E-state index in [9.17, 15) is 18.5 Å². The van der Waals surface area contributed by atoms with Crippen LogP contribution >= 0.6 is 12.4 Å². The molecule has 0 fully saturated rings. The number of rotatable bonds is 5. The van der Waals surface area contributed by atoms with Crippen molar-refractivity contribution in [2.45, 2.75) is 31.5 Å². The summed E-state index contributed by atoms with van der Waals surface area (Å²) in [7, 11) is -3.82. The predicted octanol–water partition coefficient (Wildman–Crippen LogP) is 2.41. The van der Waals surface area contributed by atoms with Gasteiger partial charge in [-0.15, -0.1) is 12.4 Å². The van der Waals surface area contributed by atoms with E-state index < -0.39 is 14.9 Å². The molecule has 25 heavy (non-hydrogen) atoms. The van der Waals surface area contributed by atoms with Crippen molar-refractivity contribution in [3.63, 3.8) is 0 Å². The van der Waals surface area contributed by atoms with Gasteiger partial charge in [0.2, 0.25) is 10.0 Å². The third-order valence-electron chi connectivity index (χ3n) is 4.06. The molecule has 0 amide bonds. The van der Waals surface area contributed by atoms with Gasteiger partial charge in [0.15, 0.2) is 0 Å². The molecule has 2 N–H and O–H groups in total. The lowest BCUT2D eigenvalue weighted by atomic mass is 10.1. The highest BCUT2D eigenvalue weighted by Crippen LogP contribution is 2.22. The summed E-state index contributed by atoms with van der Waals surface area (Å²) in [4.78, 5) is 10.3. The van der Waals surface area contributed by atoms with Crippen molar-refractivity contribution in [3.05, 3.63) is 68.8 Å². The number of nitrogens with one attached hydrogen (secondary N) is 2. The van der Waals surface area contributed by atoms with Crippen molar-refractivity contribution in [1.82, 2.24) is 10.0 Å². The highest BCUT2D eigenvalue weighted by molar-refractivity contribution is 7.89. The summed E-state index contributed by atoms with van der Waals surface area (Å²) in [5, 5.41) is 14.2. The lowest BCUT2D eigenvalue weighted by Crippen LogP contribution is -2.23. The van der Waals surface area contributed by atoms with Crippen LogP contribution in [0.4, 0.5) is 5.69 Å². The van der Waals surface area contributed by atoms with E-state index in [2.05, 4.69) is 10.0 Å². The lowest BCUT2D eigenvalue weighted by Gasteiger charge is -2.09. The molecular formula is C16H18ClN3O4S. The molecule has 0 aliphatic carbocycles. The topological polar surface area (TPSA) is 101 Å². The zero-order valence-electron chi connectivity index (χ0n) is 13.5. The highest BCUT2D eigenvalue weighted by atomic mass is 35.5. The number of nitro groups is 1. The Morgan fingerprint density at radius 2 is 1.88 bits per heavy atom. The van der Waals surface area contributed by atoms with E-state index in [1.54, 1.807) is 6.92 Å². The minimum atomic E-state index is -3.82. The number of nitro benzene ring substituents is 1. The monoisotopic (exact) mass is 383 g/mol.